The van der Waals surface area contributed by atoms with Gasteiger partial charge in [0.25, 0.3) is 11.5 Å². The maximum absolute atomic E-state index is 13.6. The summed E-state index contributed by atoms with van der Waals surface area (Å²) in [6, 6.07) is 20.0. The molecule has 152 valence electrons. The monoisotopic (exact) mass is 473 g/mol. The first kappa shape index (κ1) is 19.3. The molecule has 1 amide bonds. The number of halogens is 1. The summed E-state index contributed by atoms with van der Waals surface area (Å²) < 4.78 is 7.76. The summed E-state index contributed by atoms with van der Waals surface area (Å²) in [4.78, 5) is 31.0. The third-order valence-corrected chi connectivity index (χ3v) is 5.66. The van der Waals surface area contributed by atoms with Gasteiger partial charge in [-0.15, -0.1) is 0 Å². The van der Waals surface area contributed by atoms with E-state index in [2.05, 4.69) is 21.2 Å². The van der Waals surface area contributed by atoms with Crippen molar-refractivity contribution in [2.75, 3.05) is 12.4 Å². The van der Waals surface area contributed by atoms with Crippen LogP contribution in [0.4, 0.5) is 5.69 Å². The van der Waals surface area contributed by atoms with Gasteiger partial charge >= 0.3 is 0 Å². The first-order chi connectivity index (χ1) is 15.1. The van der Waals surface area contributed by atoms with Crippen molar-refractivity contribution in [2.24, 2.45) is 0 Å². The van der Waals surface area contributed by atoms with Crippen molar-refractivity contribution in [3.63, 3.8) is 0 Å². The van der Waals surface area contributed by atoms with Crippen LogP contribution >= 0.6 is 15.9 Å². The van der Waals surface area contributed by atoms with Gasteiger partial charge in [-0.2, -0.15) is 0 Å². The number of benzene rings is 3. The molecule has 0 radical (unpaired) electrons. The first-order valence-electron chi connectivity index (χ1n) is 9.55. The smallest absolute Gasteiger partial charge is 0.266 e. The summed E-state index contributed by atoms with van der Waals surface area (Å²) in [5.41, 5.74) is 2.77. The average Bonchev–Trinajstić information content (AvgIpc) is 3.10. The van der Waals surface area contributed by atoms with Crippen molar-refractivity contribution in [3.8, 4) is 11.4 Å². The number of anilines is 1. The third kappa shape index (κ3) is 3.23. The summed E-state index contributed by atoms with van der Waals surface area (Å²) in [5, 5.41) is 3.31. The fraction of sp³-hybridized carbons (Fsp3) is 0.0417. The van der Waals surface area contributed by atoms with Gasteiger partial charge < -0.3 is 10.1 Å². The fourth-order valence-electron chi connectivity index (χ4n) is 3.73. The molecule has 0 fully saturated rings. The van der Waals surface area contributed by atoms with Crippen LogP contribution in [0.25, 0.3) is 28.2 Å². The molecule has 6 nitrogen and oxygen atoms in total. The number of nitrogens with one attached hydrogen (secondary N) is 1. The Morgan fingerprint density at radius 1 is 1.03 bits per heavy atom. The lowest BCUT2D eigenvalue weighted by Crippen LogP contribution is -2.23. The predicted octanol–water partition coefficient (Wildman–Crippen LogP) is 4.65. The fourth-order valence-corrected chi connectivity index (χ4v) is 4.09. The molecule has 4 aromatic rings. The number of carbonyl (C=O) groups excluding carboxylic acids is 1. The van der Waals surface area contributed by atoms with Crippen molar-refractivity contribution in [2.45, 2.75) is 0 Å². The van der Waals surface area contributed by atoms with E-state index in [1.54, 1.807) is 37.5 Å². The molecule has 7 heteroatoms. The van der Waals surface area contributed by atoms with Gasteiger partial charge in [0.15, 0.2) is 0 Å². The zero-order valence-corrected chi connectivity index (χ0v) is 18.0. The molecular formula is C24H16BrN3O3. The topological polar surface area (TPSA) is 73.2 Å². The maximum atomic E-state index is 13.6. The van der Waals surface area contributed by atoms with E-state index in [-0.39, 0.29) is 11.5 Å². The summed E-state index contributed by atoms with van der Waals surface area (Å²) in [7, 11) is 1.55. The van der Waals surface area contributed by atoms with E-state index in [0.717, 1.165) is 15.7 Å². The van der Waals surface area contributed by atoms with Crippen LogP contribution in [0.1, 0.15) is 11.4 Å². The van der Waals surface area contributed by atoms with Crippen molar-refractivity contribution < 1.29 is 9.53 Å². The summed E-state index contributed by atoms with van der Waals surface area (Å²) in [6.45, 7) is 0. The number of ether oxygens (including phenoxy) is 1. The molecule has 0 unspecified atom stereocenters. The zero-order valence-electron chi connectivity index (χ0n) is 16.4. The number of carbonyl (C=O) groups is 1. The summed E-state index contributed by atoms with van der Waals surface area (Å²) in [6.07, 6.45) is 1.65. The molecule has 0 bridgehead atoms. The molecule has 1 aliphatic rings. The number of aromatic nitrogens is 2. The highest BCUT2D eigenvalue weighted by Crippen LogP contribution is 2.33. The van der Waals surface area contributed by atoms with Crippen molar-refractivity contribution in [1.82, 2.24) is 9.55 Å². The molecule has 31 heavy (non-hydrogen) atoms. The molecule has 1 N–H and O–H groups in total. The van der Waals surface area contributed by atoms with Crippen LogP contribution in [-0.4, -0.2) is 22.6 Å². The molecule has 0 spiro atoms. The Hall–Kier alpha value is -3.71. The van der Waals surface area contributed by atoms with Gasteiger partial charge in [0.2, 0.25) is 0 Å². The maximum Gasteiger partial charge on any atom is 0.266 e. The molecule has 5 rings (SSSR count). The molecular weight excluding hydrogens is 458 g/mol. The third-order valence-electron chi connectivity index (χ3n) is 5.17. The molecule has 0 aliphatic carbocycles. The summed E-state index contributed by atoms with van der Waals surface area (Å²) in [5.74, 6) is 0.626. The van der Waals surface area contributed by atoms with Crippen molar-refractivity contribution in [3.05, 3.63) is 92.9 Å². The standard InChI is InChI=1S/C24H16BrN3O3/c1-31-21-9-5-4-8-20(21)28-22(26-19-11-10-14(25)12-17(19)24(28)30)13-16-15-6-2-3-7-18(15)27-23(16)29/h2-13H,1H3,(H,27,29). The lowest BCUT2D eigenvalue weighted by molar-refractivity contribution is -0.110. The highest BCUT2D eigenvalue weighted by molar-refractivity contribution is 9.10. The average molecular weight is 474 g/mol. The lowest BCUT2D eigenvalue weighted by atomic mass is 10.1. The number of para-hydroxylation sites is 3. The lowest BCUT2D eigenvalue weighted by Gasteiger charge is -2.15. The second-order valence-electron chi connectivity index (χ2n) is 7.00. The van der Waals surface area contributed by atoms with Crippen molar-refractivity contribution in [1.29, 1.82) is 0 Å². The van der Waals surface area contributed by atoms with Gasteiger partial charge in [0, 0.05) is 15.7 Å². The molecule has 1 aromatic heterocycles. The molecule has 1 aliphatic heterocycles. The van der Waals surface area contributed by atoms with Crippen LogP contribution in [0.5, 0.6) is 5.75 Å². The van der Waals surface area contributed by atoms with E-state index < -0.39 is 0 Å². The van der Waals surface area contributed by atoms with Gasteiger partial charge in [0.1, 0.15) is 11.6 Å². The van der Waals surface area contributed by atoms with E-state index in [9.17, 15) is 9.59 Å². The van der Waals surface area contributed by atoms with Crippen LogP contribution in [0.2, 0.25) is 0 Å². The Labute approximate surface area is 185 Å². The number of methoxy groups -OCH3 is 1. The van der Waals surface area contributed by atoms with Crippen LogP contribution in [0, 0.1) is 0 Å². The van der Waals surface area contributed by atoms with E-state index in [0.29, 0.717) is 33.7 Å². The normalized spacial score (nSPS) is 14.0. The number of amides is 1. The van der Waals surface area contributed by atoms with Crippen LogP contribution < -0.4 is 15.6 Å². The quantitative estimate of drug-likeness (QED) is 0.439. The Kier molecular flexibility index (Phi) is 4.67. The van der Waals surface area contributed by atoms with Gasteiger partial charge in [-0.3, -0.25) is 14.2 Å². The minimum Gasteiger partial charge on any atom is -0.495 e. The van der Waals surface area contributed by atoms with Crippen LogP contribution in [-0.2, 0) is 4.79 Å². The second kappa shape index (κ2) is 7.52. The number of hydrogen-bond donors (Lipinski definition) is 1. The highest BCUT2D eigenvalue weighted by Gasteiger charge is 2.25. The Morgan fingerprint density at radius 3 is 2.65 bits per heavy atom. The molecule has 3 aromatic carbocycles. The Morgan fingerprint density at radius 2 is 1.81 bits per heavy atom. The van der Waals surface area contributed by atoms with Crippen LogP contribution in [0.15, 0.2) is 76.0 Å². The SMILES string of the molecule is COc1ccccc1-n1c(C=C2C(=O)Nc3ccccc32)nc2ccc(Br)cc2c1=O. The number of nitrogens with zero attached hydrogens (tertiary/aromatic N) is 2. The summed E-state index contributed by atoms with van der Waals surface area (Å²) >= 11 is 3.43. The minimum atomic E-state index is -0.255. The van der Waals surface area contributed by atoms with Crippen LogP contribution in [0.3, 0.4) is 0 Å². The Bertz CT molecular complexity index is 1460. The number of hydrogen-bond acceptors (Lipinski definition) is 4. The molecule has 0 saturated carbocycles. The van der Waals surface area contributed by atoms with E-state index in [4.69, 9.17) is 9.72 Å². The van der Waals surface area contributed by atoms with E-state index in [1.807, 2.05) is 42.5 Å². The predicted molar refractivity (Wildman–Crippen MR) is 125 cm³/mol. The van der Waals surface area contributed by atoms with Crippen molar-refractivity contribution >= 4 is 50.1 Å². The molecule has 2 heterocycles. The molecule has 0 saturated heterocycles. The zero-order chi connectivity index (χ0) is 21.5. The second-order valence-corrected chi connectivity index (χ2v) is 7.92. The first-order valence-corrected chi connectivity index (χ1v) is 10.3. The minimum absolute atomic E-state index is 0.238. The van der Waals surface area contributed by atoms with Gasteiger partial charge in [0.05, 0.1) is 29.3 Å². The van der Waals surface area contributed by atoms with Gasteiger partial charge in [-0.25, -0.2) is 4.98 Å². The number of fused-ring (bicyclic) bond motifs is 2. The van der Waals surface area contributed by atoms with Gasteiger partial charge in [-0.1, -0.05) is 46.3 Å². The van der Waals surface area contributed by atoms with Gasteiger partial charge in [-0.05, 0) is 42.5 Å². The van der Waals surface area contributed by atoms with E-state index >= 15 is 0 Å². The van der Waals surface area contributed by atoms with E-state index in [1.165, 1.54) is 4.57 Å². The largest absolute Gasteiger partial charge is 0.495 e. The Balaban J connectivity index is 1.85. The molecule has 0 atom stereocenters. The number of rotatable bonds is 3. The highest BCUT2D eigenvalue weighted by atomic mass is 79.9.